The molecule has 2 heteroatoms. The second-order valence-corrected chi connectivity index (χ2v) is 6.22. The number of methoxy groups -OCH3 is 1. The van der Waals surface area contributed by atoms with Crippen molar-refractivity contribution in [3.05, 3.63) is 29.8 Å². The molecule has 0 aromatic heterocycles. The Balaban J connectivity index is 1.98. The van der Waals surface area contributed by atoms with Gasteiger partial charge in [0.15, 0.2) is 0 Å². The molecule has 106 valence electrons. The second-order valence-electron chi connectivity index (χ2n) is 6.22. The van der Waals surface area contributed by atoms with Crippen LogP contribution in [0.25, 0.3) is 0 Å². The van der Waals surface area contributed by atoms with E-state index in [4.69, 9.17) is 10.5 Å². The van der Waals surface area contributed by atoms with E-state index in [1.807, 2.05) is 12.1 Å². The van der Waals surface area contributed by atoms with Crippen LogP contribution in [0.2, 0.25) is 0 Å². The van der Waals surface area contributed by atoms with Crippen LogP contribution in [-0.2, 0) is 0 Å². The third kappa shape index (κ3) is 3.50. The Morgan fingerprint density at radius 3 is 2.32 bits per heavy atom. The highest BCUT2D eigenvalue weighted by atomic mass is 16.5. The monoisotopic (exact) mass is 261 g/mol. The molecule has 0 amide bonds. The van der Waals surface area contributed by atoms with Crippen LogP contribution in [0.1, 0.15) is 51.1 Å². The number of ether oxygens (including phenoxy) is 1. The third-order valence-corrected chi connectivity index (χ3v) is 4.75. The summed E-state index contributed by atoms with van der Waals surface area (Å²) in [6.07, 6.45) is 5.20. The largest absolute Gasteiger partial charge is 0.497 e. The summed E-state index contributed by atoms with van der Waals surface area (Å²) in [5.41, 5.74) is 7.67. The minimum absolute atomic E-state index is 0.156. The van der Waals surface area contributed by atoms with E-state index in [1.54, 1.807) is 7.11 Å². The van der Waals surface area contributed by atoms with Crippen LogP contribution in [0.15, 0.2) is 24.3 Å². The summed E-state index contributed by atoms with van der Waals surface area (Å²) >= 11 is 0. The highest BCUT2D eigenvalue weighted by Crippen LogP contribution is 2.38. The molecular formula is C17H27NO. The molecule has 1 aromatic rings. The maximum absolute atomic E-state index is 6.46. The first-order valence-electron chi connectivity index (χ1n) is 7.51. The van der Waals surface area contributed by atoms with Gasteiger partial charge in [-0.2, -0.15) is 0 Å². The summed E-state index contributed by atoms with van der Waals surface area (Å²) in [6, 6.07) is 8.38. The lowest BCUT2D eigenvalue weighted by Gasteiger charge is -2.34. The maximum Gasteiger partial charge on any atom is 0.119 e. The molecule has 2 N–H and O–H groups in total. The molecule has 1 aliphatic carbocycles. The fourth-order valence-electron chi connectivity index (χ4n) is 3.29. The molecule has 2 rings (SSSR count). The molecule has 1 aromatic carbocycles. The molecule has 0 radical (unpaired) electrons. The lowest BCUT2D eigenvalue weighted by molar-refractivity contribution is 0.203. The van der Waals surface area contributed by atoms with E-state index in [9.17, 15) is 0 Å². The molecule has 1 atom stereocenters. The lowest BCUT2D eigenvalue weighted by atomic mass is 9.73. The molecule has 0 aliphatic heterocycles. The Bertz CT molecular complexity index is 394. The molecule has 2 nitrogen and oxygen atoms in total. The van der Waals surface area contributed by atoms with Gasteiger partial charge in [-0.1, -0.05) is 26.0 Å². The van der Waals surface area contributed by atoms with Gasteiger partial charge >= 0.3 is 0 Å². The molecule has 19 heavy (non-hydrogen) atoms. The van der Waals surface area contributed by atoms with Gasteiger partial charge in [0.05, 0.1) is 7.11 Å². The highest BCUT2D eigenvalue weighted by Gasteiger charge is 2.27. The fourth-order valence-corrected chi connectivity index (χ4v) is 3.29. The summed E-state index contributed by atoms with van der Waals surface area (Å²) in [6.45, 7) is 4.68. The average Bonchev–Trinajstić information content (AvgIpc) is 2.46. The van der Waals surface area contributed by atoms with Gasteiger partial charge in [0.2, 0.25) is 0 Å². The minimum atomic E-state index is 0.156. The molecule has 1 fully saturated rings. The van der Waals surface area contributed by atoms with E-state index in [-0.39, 0.29) is 6.04 Å². The Hall–Kier alpha value is -1.02. The van der Waals surface area contributed by atoms with E-state index in [0.29, 0.717) is 5.92 Å². The van der Waals surface area contributed by atoms with E-state index in [2.05, 4.69) is 26.0 Å². The zero-order valence-electron chi connectivity index (χ0n) is 12.4. The SMILES string of the molecule is COc1cccc(C(N)C2CCC(C(C)C)CC2)c1. The van der Waals surface area contributed by atoms with Crippen LogP contribution in [0, 0.1) is 17.8 Å². The van der Waals surface area contributed by atoms with Crippen molar-refractivity contribution in [2.24, 2.45) is 23.5 Å². The normalized spacial score (nSPS) is 25.3. The van der Waals surface area contributed by atoms with Crippen molar-refractivity contribution < 1.29 is 4.74 Å². The Morgan fingerprint density at radius 2 is 1.74 bits per heavy atom. The summed E-state index contributed by atoms with van der Waals surface area (Å²) in [7, 11) is 1.71. The van der Waals surface area contributed by atoms with Gasteiger partial charge in [0, 0.05) is 6.04 Å². The predicted molar refractivity (Wildman–Crippen MR) is 80.2 cm³/mol. The maximum atomic E-state index is 6.46. The quantitative estimate of drug-likeness (QED) is 0.883. The number of nitrogens with two attached hydrogens (primary N) is 1. The average molecular weight is 261 g/mol. The van der Waals surface area contributed by atoms with Crippen molar-refractivity contribution in [2.75, 3.05) is 7.11 Å². The summed E-state index contributed by atoms with van der Waals surface area (Å²) in [5, 5.41) is 0. The standard InChI is InChI=1S/C17H27NO/c1-12(2)13-7-9-14(10-8-13)17(18)15-5-4-6-16(11-15)19-3/h4-6,11-14,17H,7-10,18H2,1-3H3. The van der Waals surface area contributed by atoms with Crippen LogP contribution >= 0.6 is 0 Å². The molecule has 0 heterocycles. The van der Waals surface area contributed by atoms with Crippen LogP contribution in [0.5, 0.6) is 5.75 Å². The number of hydrogen-bond donors (Lipinski definition) is 1. The molecule has 0 spiro atoms. The summed E-state index contributed by atoms with van der Waals surface area (Å²) < 4.78 is 5.29. The Morgan fingerprint density at radius 1 is 1.11 bits per heavy atom. The van der Waals surface area contributed by atoms with E-state index < -0.39 is 0 Å². The third-order valence-electron chi connectivity index (χ3n) is 4.75. The predicted octanol–water partition coefficient (Wildman–Crippen LogP) is 4.16. The summed E-state index contributed by atoms with van der Waals surface area (Å²) in [5.74, 6) is 3.24. The number of hydrogen-bond acceptors (Lipinski definition) is 2. The highest BCUT2D eigenvalue weighted by molar-refractivity contribution is 5.30. The van der Waals surface area contributed by atoms with Gasteiger partial charge in [-0.05, 0) is 61.1 Å². The van der Waals surface area contributed by atoms with Crippen LogP contribution < -0.4 is 10.5 Å². The summed E-state index contributed by atoms with van der Waals surface area (Å²) in [4.78, 5) is 0. The van der Waals surface area contributed by atoms with Crippen LogP contribution in [0.4, 0.5) is 0 Å². The van der Waals surface area contributed by atoms with Crippen molar-refractivity contribution in [1.82, 2.24) is 0 Å². The van der Waals surface area contributed by atoms with Gasteiger partial charge in [-0.25, -0.2) is 0 Å². The van der Waals surface area contributed by atoms with Gasteiger partial charge in [0.1, 0.15) is 5.75 Å². The lowest BCUT2D eigenvalue weighted by Crippen LogP contribution is -2.27. The molecule has 1 unspecified atom stereocenters. The number of rotatable bonds is 4. The molecule has 0 bridgehead atoms. The van der Waals surface area contributed by atoms with Crippen LogP contribution in [0.3, 0.4) is 0 Å². The van der Waals surface area contributed by atoms with Crippen molar-refractivity contribution in [1.29, 1.82) is 0 Å². The molecular weight excluding hydrogens is 234 g/mol. The molecule has 1 saturated carbocycles. The second kappa shape index (κ2) is 6.42. The van der Waals surface area contributed by atoms with Crippen molar-refractivity contribution in [3.63, 3.8) is 0 Å². The topological polar surface area (TPSA) is 35.2 Å². The van der Waals surface area contributed by atoms with Crippen molar-refractivity contribution in [2.45, 2.75) is 45.6 Å². The Kier molecular flexibility index (Phi) is 4.87. The van der Waals surface area contributed by atoms with Crippen LogP contribution in [-0.4, -0.2) is 7.11 Å². The first kappa shape index (κ1) is 14.4. The van der Waals surface area contributed by atoms with Crippen molar-refractivity contribution >= 4 is 0 Å². The van der Waals surface area contributed by atoms with Gasteiger partial charge in [0.25, 0.3) is 0 Å². The first-order chi connectivity index (χ1) is 9.11. The minimum Gasteiger partial charge on any atom is -0.497 e. The molecule has 0 saturated heterocycles. The zero-order valence-corrected chi connectivity index (χ0v) is 12.4. The van der Waals surface area contributed by atoms with Gasteiger partial charge in [-0.15, -0.1) is 0 Å². The van der Waals surface area contributed by atoms with Crippen molar-refractivity contribution in [3.8, 4) is 5.75 Å². The fraction of sp³-hybridized carbons (Fsp3) is 0.647. The first-order valence-corrected chi connectivity index (χ1v) is 7.51. The molecule has 1 aliphatic rings. The van der Waals surface area contributed by atoms with E-state index >= 15 is 0 Å². The van der Waals surface area contributed by atoms with E-state index in [0.717, 1.165) is 17.6 Å². The number of benzene rings is 1. The van der Waals surface area contributed by atoms with Gasteiger partial charge in [-0.3, -0.25) is 0 Å². The Labute approximate surface area is 117 Å². The smallest absolute Gasteiger partial charge is 0.119 e. The van der Waals surface area contributed by atoms with E-state index in [1.165, 1.54) is 31.2 Å². The zero-order chi connectivity index (χ0) is 13.8. The van der Waals surface area contributed by atoms with Gasteiger partial charge < -0.3 is 10.5 Å².